The second kappa shape index (κ2) is 4.45. The summed E-state index contributed by atoms with van der Waals surface area (Å²) in [4.78, 5) is 4.38. The highest BCUT2D eigenvalue weighted by atomic mass is 16.3. The smallest absolute Gasteiger partial charge is 0.126 e. The molecule has 80 valence electrons. The van der Waals surface area contributed by atoms with E-state index in [0.29, 0.717) is 6.04 Å². The van der Waals surface area contributed by atoms with E-state index in [2.05, 4.69) is 10.3 Å². The van der Waals surface area contributed by atoms with Gasteiger partial charge in [0.1, 0.15) is 5.82 Å². The summed E-state index contributed by atoms with van der Waals surface area (Å²) < 4.78 is 0. The number of hydrogen-bond acceptors (Lipinski definition) is 3. The molecule has 1 aliphatic carbocycles. The predicted molar refractivity (Wildman–Crippen MR) is 60.8 cm³/mol. The molecule has 0 fully saturated rings. The Morgan fingerprint density at radius 1 is 1.33 bits per heavy atom. The minimum atomic E-state index is -0.270. The van der Waals surface area contributed by atoms with Crippen LogP contribution in [0.4, 0.5) is 5.82 Å². The Morgan fingerprint density at radius 2 is 2.20 bits per heavy atom. The fourth-order valence-electron chi connectivity index (χ4n) is 1.74. The van der Waals surface area contributed by atoms with Gasteiger partial charge in [0.2, 0.25) is 0 Å². The summed E-state index contributed by atoms with van der Waals surface area (Å²) in [5.41, 5.74) is 1.01. The maximum atomic E-state index is 9.31. The molecule has 15 heavy (non-hydrogen) atoms. The van der Waals surface area contributed by atoms with Crippen molar-refractivity contribution in [1.29, 1.82) is 0 Å². The van der Waals surface area contributed by atoms with Crippen molar-refractivity contribution in [2.45, 2.75) is 31.9 Å². The van der Waals surface area contributed by atoms with E-state index in [1.807, 2.05) is 37.3 Å². The van der Waals surface area contributed by atoms with Gasteiger partial charge in [0.25, 0.3) is 0 Å². The molecule has 3 heteroatoms. The Labute approximate surface area is 89.9 Å². The van der Waals surface area contributed by atoms with Crippen LogP contribution in [0.1, 0.15) is 18.5 Å². The largest absolute Gasteiger partial charge is 0.389 e. The van der Waals surface area contributed by atoms with Gasteiger partial charge in [-0.1, -0.05) is 18.2 Å². The van der Waals surface area contributed by atoms with Crippen LogP contribution in [0.3, 0.4) is 0 Å². The van der Waals surface area contributed by atoms with E-state index >= 15 is 0 Å². The van der Waals surface area contributed by atoms with E-state index < -0.39 is 0 Å². The van der Waals surface area contributed by atoms with Gasteiger partial charge in [0, 0.05) is 11.7 Å². The number of aliphatic hydroxyl groups is 1. The average molecular weight is 204 g/mol. The molecule has 0 amide bonds. The summed E-state index contributed by atoms with van der Waals surface area (Å²) in [6.07, 6.45) is 5.36. The van der Waals surface area contributed by atoms with Gasteiger partial charge in [0.05, 0.1) is 6.10 Å². The summed E-state index contributed by atoms with van der Waals surface area (Å²) in [5.74, 6) is 0.904. The van der Waals surface area contributed by atoms with Crippen LogP contribution < -0.4 is 5.32 Å². The normalized spacial score (nSPS) is 25.2. The van der Waals surface area contributed by atoms with E-state index in [9.17, 15) is 5.11 Å². The predicted octanol–water partition coefficient (Wildman–Crippen LogP) is 1.88. The molecule has 2 rings (SSSR count). The Balaban J connectivity index is 2.00. The summed E-state index contributed by atoms with van der Waals surface area (Å²) in [6, 6.07) is 6.23. The van der Waals surface area contributed by atoms with E-state index in [1.54, 1.807) is 0 Å². The van der Waals surface area contributed by atoms with Gasteiger partial charge < -0.3 is 10.4 Å². The summed E-state index contributed by atoms with van der Waals surface area (Å²) in [6.45, 7) is 1.98. The molecule has 2 unspecified atom stereocenters. The number of aromatic nitrogens is 1. The van der Waals surface area contributed by atoms with Crippen LogP contribution in [-0.2, 0) is 0 Å². The SMILES string of the molecule is Cc1cccc(NC2C=CC(O)CC2)n1. The lowest BCUT2D eigenvalue weighted by molar-refractivity contribution is 0.202. The Morgan fingerprint density at radius 3 is 2.87 bits per heavy atom. The van der Waals surface area contributed by atoms with E-state index in [1.165, 1.54) is 0 Å². The zero-order valence-corrected chi connectivity index (χ0v) is 8.85. The Hall–Kier alpha value is -1.35. The number of pyridine rings is 1. The van der Waals surface area contributed by atoms with Gasteiger partial charge in [-0.05, 0) is 31.9 Å². The van der Waals surface area contributed by atoms with Crippen molar-refractivity contribution in [2.75, 3.05) is 5.32 Å². The van der Waals surface area contributed by atoms with E-state index in [0.717, 1.165) is 24.4 Å². The molecule has 0 saturated heterocycles. The second-order valence-electron chi connectivity index (χ2n) is 3.94. The van der Waals surface area contributed by atoms with Crippen LogP contribution >= 0.6 is 0 Å². The fraction of sp³-hybridized carbons (Fsp3) is 0.417. The van der Waals surface area contributed by atoms with Gasteiger partial charge in [-0.15, -0.1) is 0 Å². The molecular formula is C12H16N2O. The van der Waals surface area contributed by atoms with Crippen LogP contribution in [0.2, 0.25) is 0 Å². The Bertz CT molecular complexity index is 362. The van der Waals surface area contributed by atoms with Crippen molar-refractivity contribution >= 4 is 5.82 Å². The van der Waals surface area contributed by atoms with Crippen molar-refractivity contribution in [3.8, 4) is 0 Å². The lowest BCUT2D eigenvalue weighted by Gasteiger charge is -2.21. The summed E-state index contributed by atoms with van der Waals surface area (Å²) in [7, 11) is 0. The number of nitrogens with zero attached hydrogens (tertiary/aromatic N) is 1. The maximum absolute atomic E-state index is 9.31. The lowest BCUT2D eigenvalue weighted by atomic mass is 10.0. The summed E-state index contributed by atoms with van der Waals surface area (Å²) >= 11 is 0. The van der Waals surface area contributed by atoms with Crippen LogP contribution in [0.15, 0.2) is 30.4 Å². The fourth-order valence-corrected chi connectivity index (χ4v) is 1.74. The van der Waals surface area contributed by atoms with Crippen molar-refractivity contribution in [3.05, 3.63) is 36.0 Å². The highest BCUT2D eigenvalue weighted by molar-refractivity contribution is 5.38. The number of hydrogen-bond donors (Lipinski definition) is 2. The van der Waals surface area contributed by atoms with Gasteiger partial charge in [-0.25, -0.2) is 4.98 Å². The third kappa shape index (κ3) is 2.80. The van der Waals surface area contributed by atoms with Crippen LogP contribution in [0.25, 0.3) is 0 Å². The second-order valence-corrected chi connectivity index (χ2v) is 3.94. The molecule has 0 aliphatic heterocycles. The third-order valence-electron chi connectivity index (χ3n) is 2.56. The lowest BCUT2D eigenvalue weighted by Crippen LogP contribution is -2.23. The van der Waals surface area contributed by atoms with Crippen LogP contribution in [-0.4, -0.2) is 22.2 Å². The van der Waals surface area contributed by atoms with Crippen molar-refractivity contribution in [2.24, 2.45) is 0 Å². The Kier molecular flexibility index (Phi) is 3.02. The number of nitrogens with one attached hydrogen (secondary N) is 1. The minimum Gasteiger partial charge on any atom is -0.389 e. The number of aryl methyl sites for hydroxylation is 1. The first-order valence-electron chi connectivity index (χ1n) is 5.30. The molecule has 1 aliphatic rings. The van der Waals surface area contributed by atoms with Crippen molar-refractivity contribution in [3.63, 3.8) is 0 Å². The molecule has 0 saturated carbocycles. The van der Waals surface area contributed by atoms with Gasteiger partial charge in [0.15, 0.2) is 0 Å². The molecule has 1 heterocycles. The average Bonchev–Trinajstić information content (AvgIpc) is 2.22. The zero-order valence-electron chi connectivity index (χ0n) is 8.85. The third-order valence-corrected chi connectivity index (χ3v) is 2.56. The molecule has 0 bridgehead atoms. The minimum absolute atomic E-state index is 0.270. The van der Waals surface area contributed by atoms with Crippen LogP contribution in [0, 0.1) is 6.92 Å². The number of aliphatic hydroxyl groups excluding tert-OH is 1. The summed E-state index contributed by atoms with van der Waals surface area (Å²) in [5, 5.41) is 12.6. The number of rotatable bonds is 2. The van der Waals surface area contributed by atoms with Gasteiger partial charge in [-0.2, -0.15) is 0 Å². The highest BCUT2D eigenvalue weighted by Crippen LogP contribution is 2.15. The molecule has 3 nitrogen and oxygen atoms in total. The molecule has 0 radical (unpaired) electrons. The maximum Gasteiger partial charge on any atom is 0.126 e. The molecule has 2 N–H and O–H groups in total. The molecular weight excluding hydrogens is 188 g/mol. The number of anilines is 1. The molecule has 0 aromatic carbocycles. The molecule has 1 aromatic heterocycles. The first-order valence-corrected chi connectivity index (χ1v) is 5.30. The van der Waals surface area contributed by atoms with Gasteiger partial charge in [-0.3, -0.25) is 0 Å². The first kappa shape index (κ1) is 10.2. The highest BCUT2D eigenvalue weighted by Gasteiger charge is 2.13. The van der Waals surface area contributed by atoms with Crippen molar-refractivity contribution < 1.29 is 5.11 Å². The standard InChI is InChI=1S/C12H16N2O/c1-9-3-2-4-12(13-9)14-10-5-7-11(15)8-6-10/h2-5,7,10-11,15H,6,8H2,1H3,(H,13,14). The van der Waals surface area contributed by atoms with E-state index in [-0.39, 0.29) is 6.10 Å². The quantitative estimate of drug-likeness (QED) is 0.723. The molecule has 2 atom stereocenters. The first-order chi connectivity index (χ1) is 7.24. The molecule has 0 spiro atoms. The molecule has 1 aromatic rings. The van der Waals surface area contributed by atoms with Crippen LogP contribution in [0.5, 0.6) is 0 Å². The van der Waals surface area contributed by atoms with Gasteiger partial charge >= 0.3 is 0 Å². The van der Waals surface area contributed by atoms with E-state index in [4.69, 9.17) is 0 Å². The monoisotopic (exact) mass is 204 g/mol. The topological polar surface area (TPSA) is 45.1 Å². The zero-order chi connectivity index (χ0) is 10.7. The van der Waals surface area contributed by atoms with Crippen molar-refractivity contribution in [1.82, 2.24) is 4.98 Å².